The molecule has 29 heavy (non-hydrogen) atoms. The molecule has 2 heterocycles. The van der Waals surface area contributed by atoms with E-state index in [1.165, 1.54) is 0 Å². The van der Waals surface area contributed by atoms with Crippen LogP contribution in [0.3, 0.4) is 0 Å². The van der Waals surface area contributed by atoms with E-state index in [9.17, 15) is 4.79 Å². The van der Waals surface area contributed by atoms with Crippen molar-refractivity contribution >= 4 is 23.1 Å². The van der Waals surface area contributed by atoms with Crippen molar-refractivity contribution < 1.29 is 4.79 Å². The van der Waals surface area contributed by atoms with Gasteiger partial charge in [-0.05, 0) is 44.4 Å². The number of H-pyrrole nitrogens is 1. The number of piperidine rings is 1. The van der Waals surface area contributed by atoms with E-state index in [-0.39, 0.29) is 11.3 Å². The van der Waals surface area contributed by atoms with Crippen molar-refractivity contribution in [3.8, 4) is 0 Å². The highest BCUT2D eigenvalue weighted by Gasteiger charge is 2.34. The number of nitrogens with zero attached hydrogens (tertiary/aromatic N) is 3. The van der Waals surface area contributed by atoms with Gasteiger partial charge in [-0.2, -0.15) is 0 Å². The fourth-order valence-corrected chi connectivity index (χ4v) is 4.15. The summed E-state index contributed by atoms with van der Waals surface area (Å²) in [4.78, 5) is 17.1. The van der Waals surface area contributed by atoms with Gasteiger partial charge < -0.3 is 20.9 Å². The van der Waals surface area contributed by atoms with Gasteiger partial charge in [0.25, 0.3) is 0 Å². The molecule has 1 aromatic carbocycles. The summed E-state index contributed by atoms with van der Waals surface area (Å²) in [5.41, 5.74) is 7.53. The first kappa shape index (κ1) is 21.3. The molecule has 0 aliphatic carbocycles. The molecule has 4 N–H and O–H groups in total. The molecule has 2 aromatic rings. The Hall–Kier alpha value is -2.41. The molecule has 1 aliphatic heterocycles. The topological polar surface area (TPSA) is 82.3 Å². The molecule has 0 saturated carbocycles. The van der Waals surface area contributed by atoms with E-state index in [0.29, 0.717) is 12.6 Å². The SMILES string of the molecule is CNc1ccccc1N(C)c1cn(C2CCN(C(=O)C(C)(C)CCCN)CC2)[nH]1. The molecular formula is C22H36N6O. The van der Waals surface area contributed by atoms with Crippen LogP contribution in [0.2, 0.25) is 0 Å². The first-order valence-electron chi connectivity index (χ1n) is 10.6. The maximum atomic E-state index is 12.9. The minimum atomic E-state index is -0.322. The molecule has 1 fully saturated rings. The van der Waals surface area contributed by atoms with Gasteiger partial charge in [-0.15, -0.1) is 0 Å². The van der Waals surface area contributed by atoms with Gasteiger partial charge in [-0.1, -0.05) is 26.0 Å². The fraction of sp³-hybridized carbons (Fsp3) is 0.591. The lowest BCUT2D eigenvalue weighted by Crippen LogP contribution is -2.46. The Balaban J connectivity index is 1.56. The summed E-state index contributed by atoms with van der Waals surface area (Å²) in [6.45, 7) is 6.36. The van der Waals surface area contributed by atoms with E-state index in [2.05, 4.69) is 45.4 Å². The molecule has 1 amide bonds. The van der Waals surface area contributed by atoms with Crippen LogP contribution >= 0.6 is 0 Å². The third kappa shape index (κ3) is 4.61. The highest BCUT2D eigenvalue weighted by molar-refractivity contribution is 5.82. The monoisotopic (exact) mass is 400 g/mol. The molecule has 0 bridgehead atoms. The zero-order valence-corrected chi connectivity index (χ0v) is 18.2. The Morgan fingerprint density at radius 2 is 1.97 bits per heavy atom. The maximum absolute atomic E-state index is 12.9. The highest BCUT2D eigenvalue weighted by Crippen LogP contribution is 2.33. The van der Waals surface area contributed by atoms with E-state index in [4.69, 9.17) is 5.73 Å². The summed E-state index contributed by atoms with van der Waals surface area (Å²) >= 11 is 0. The second-order valence-electron chi connectivity index (χ2n) is 8.66. The van der Waals surface area contributed by atoms with Crippen molar-refractivity contribution in [2.45, 2.75) is 45.6 Å². The van der Waals surface area contributed by atoms with Gasteiger partial charge in [0.2, 0.25) is 5.91 Å². The van der Waals surface area contributed by atoms with E-state index < -0.39 is 0 Å². The number of para-hydroxylation sites is 2. The van der Waals surface area contributed by atoms with Crippen LogP contribution in [0.1, 0.15) is 45.6 Å². The number of nitrogens with two attached hydrogens (primary N) is 1. The summed E-state index contributed by atoms with van der Waals surface area (Å²) in [6.07, 6.45) is 5.87. The molecular weight excluding hydrogens is 364 g/mol. The highest BCUT2D eigenvalue weighted by atomic mass is 16.2. The lowest BCUT2D eigenvalue weighted by Gasteiger charge is -2.39. The number of carbonyl (C=O) groups excluding carboxylic acids is 1. The molecule has 7 heteroatoms. The molecule has 1 aliphatic rings. The molecule has 0 atom stereocenters. The number of amides is 1. The number of benzene rings is 1. The molecule has 3 rings (SSSR count). The summed E-state index contributed by atoms with van der Waals surface area (Å²) in [6, 6.07) is 8.68. The normalized spacial score (nSPS) is 15.6. The maximum Gasteiger partial charge on any atom is 0.228 e. The molecule has 0 unspecified atom stereocenters. The molecule has 0 radical (unpaired) electrons. The predicted octanol–water partition coefficient (Wildman–Crippen LogP) is 3.55. The summed E-state index contributed by atoms with van der Waals surface area (Å²) in [7, 11) is 4.00. The largest absolute Gasteiger partial charge is 0.386 e. The number of likely N-dealkylation sites (tertiary alicyclic amines) is 1. The lowest BCUT2D eigenvalue weighted by molar-refractivity contribution is -0.142. The van der Waals surface area contributed by atoms with Crippen LogP contribution in [0, 0.1) is 5.41 Å². The summed E-state index contributed by atoms with van der Waals surface area (Å²) in [5.74, 6) is 1.34. The van der Waals surface area contributed by atoms with E-state index in [1.807, 2.05) is 37.9 Å². The number of rotatable bonds is 8. The number of hydrogen-bond donors (Lipinski definition) is 3. The van der Waals surface area contributed by atoms with Crippen molar-refractivity contribution in [1.82, 2.24) is 14.7 Å². The van der Waals surface area contributed by atoms with Gasteiger partial charge >= 0.3 is 0 Å². The fourth-order valence-electron chi connectivity index (χ4n) is 4.15. The number of anilines is 3. The van der Waals surface area contributed by atoms with E-state index in [1.54, 1.807) is 0 Å². The zero-order chi connectivity index (χ0) is 21.0. The Morgan fingerprint density at radius 3 is 2.59 bits per heavy atom. The van der Waals surface area contributed by atoms with Gasteiger partial charge in [0.15, 0.2) is 0 Å². The summed E-state index contributed by atoms with van der Waals surface area (Å²) in [5, 5.41) is 6.72. The Kier molecular flexibility index (Phi) is 6.57. The van der Waals surface area contributed by atoms with Crippen LogP contribution in [0.25, 0.3) is 0 Å². The van der Waals surface area contributed by atoms with Gasteiger partial charge in [0.1, 0.15) is 5.82 Å². The van der Waals surface area contributed by atoms with Crippen LogP contribution in [0.15, 0.2) is 30.5 Å². The quantitative estimate of drug-likeness (QED) is 0.633. The van der Waals surface area contributed by atoms with E-state index >= 15 is 0 Å². The van der Waals surface area contributed by atoms with Crippen LogP contribution in [-0.4, -0.2) is 54.3 Å². The van der Waals surface area contributed by atoms with Gasteiger partial charge in [-0.3, -0.25) is 14.6 Å². The average Bonchev–Trinajstić information content (AvgIpc) is 2.71. The number of carbonyl (C=O) groups is 1. The van der Waals surface area contributed by atoms with Crippen LogP contribution in [0.5, 0.6) is 0 Å². The second kappa shape index (κ2) is 8.95. The lowest BCUT2D eigenvalue weighted by atomic mass is 9.85. The Labute approximate surface area is 174 Å². The molecule has 1 aromatic heterocycles. The minimum absolute atomic E-state index is 0.264. The first-order valence-corrected chi connectivity index (χ1v) is 10.6. The molecule has 160 valence electrons. The third-order valence-corrected chi connectivity index (χ3v) is 6.13. The third-order valence-electron chi connectivity index (χ3n) is 6.13. The van der Waals surface area contributed by atoms with Crippen molar-refractivity contribution in [1.29, 1.82) is 0 Å². The van der Waals surface area contributed by atoms with Crippen LogP contribution in [-0.2, 0) is 4.79 Å². The molecule has 0 spiro atoms. The van der Waals surface area contributed by atoms with Crippen LogP contribution in [0.4, 0.5) is 17.2 Å². The van der Waals surface area contributed by atoms with Crippen molar-refractivity contribution in [3.05, 3.63) is 30.5 Å². The number of aromatic nitrogens is 2. The molecule has 7 nitrogen and oxygen atoms in total. The number of nitrogens with one attached hydrogen (secondary N) is 2. The van der Waals surface area contributed by atoms with E-state index in [0.717, 1.165) is 56.0 Å². The number of aromatic amines is 1. The van der Waals surface area contributed by atoms with Crippen LogP contribution < -0.4 is 16.0 Å². The Bertz CT molecular complexity index is 788. The van der Waals surface area contributed by atoms with Crippen molar-refractivity contribution in [3.63, 3.8) is 0 Å². The summed E-state index contributed by atoms with van der Waals surface area (Å²) < 4.78 is 2.19. The Morgan fingerprint density at radius 1 is 1.31 bits per heavy atom. The standard InChI is InChI=1S/C22H36N6O/c1-22(2,12-7-13-23)21(29)27-14-10-17(11-15-27)28-16-20(25-28)26(4)19-9-6-5-8-18(19)24-3/h5-6,8-9,16-17,24-25H,7,10-15,23H2,1-4H3. The second-order valence-corrected chi connectivity index (χ2v) is 8.66. The smallest absolute Gasteiger partial charge is 0.228 e. The predicted molar refractivity (Wildman–Crippen MR) is 120 cm³/mol. The molecule has 1 saturated heterocycles. The van der Waals surface area contributed by atoms with Crippen molar-refractivity contribution in [2.24, 2.45) is 11.1 Å². The first-order chi connectivity index (χ1) is 13.9. The minimum Gasteiger partial charge on any atom is -0.386 e. The van der Waals surface area contributed by atoms with Crippen molar-refractivity contribution in [2.75, 3.05) is 43.9 Å². The van der Waals surface area contributed by atoms with Gasteiger partial charge in [0.05, 0.1) is 23.6 Å². The average molecular weight is 401 g/mol. The van der Waals surface area contributed by atoms with Gasteiger partial charge in [0, 0.05) is 32.6 Å². The zero-order valence-electron chi connectivity index (χ0n) is 18.2. The van der Waals surface area contributed by atoms with Gasteiger partial charge in [-0.25, -0.2) is 0 Å². The number of hydrogen-bond acceptors (Lipinski definition) is 4.